The molecule has 12 nitrogen and oxygen atoms in total. The predicted molar refractivity (Wildman–Crippen MR) is 162 cm³/mol. The number of likely N-dealkylation sites (tertiary alicyclic amines) is 1. The number of carbonyl (C=O) groups is 2. The smallest absolute Gasteiger partial charge is 0.276 e. The molecule has 0 bridgehead atoms. The number of aromatic nitrogens is 3. The lowest BCUT2D eigenvalue weighted by Crippen LogP contribution is -2.51. The molecule has 1 fully saturated rings. The van der Waals surface area contributed by atoms with Crippen LogP contribution < -0.4 is 29.9 Å². The van der Waals surface area contributed by atoms with E-state index in [1.807, 2.05) is 19.2 Å². The highest BCUT2D eigenvalue weighted by Crippen LogP contribution is 2.41. The normalized spacial score (nSPS) is 15.9. The van der Waals surface area contributed by atoms with Gasteiger partial charge in [0.25, 0.3) is 5.91 Å². The van der Waals surface area contributed by atoms with Gasteiger partial charge < -0.3 is 29.9 Å². The summed E-state index contributed by atoms with van der Waals surface area (Å²) in [5.41, 5.74) is 0.405. The third-order valence-corrected chi connectivity index (χ3v) is 7.22. The van der Waals surface area contributed by atoms with Crippen LogP contribution in [0, 0.1) is 0 Å². The fourth-order valence-corrected chi connectivity index (χ4v) is 4.92. The summed E-state index contributed by atoms with van der Waals surface area (Å²) < 4.78 is 11.6. The molecule has 0 unspecified atom stereocenters. The van der Waals surface area contributed by atoms with Crippen molar-refractivity contribution in [2.45, 2.75) is 32.3 Å². The number of pyridine rings is 1. The standard InChI is InChI=1S/C30H36N8O4/c1-6-25(39)32-20-10-9-11-21(18-20)38-26-23(42-30(2,3)28(38)40)19-31-29(35-26)33-22-12-13-24(34-27(22)41-5)36(4)16-17-37-14-7-8-15-37/h6,9-13,18-19H,1,7-8,14-17H2,2-5H3,(H,32,39)(H,31,33,35). The van der Waals surface area contributed by atoms with Crippen molar-refractivity contribution >= 4 is 46.5 Å². The maximum absolute atomic E-state index is 13.6. The molecule has 2 aliphatic rings. The molecule has 0 atom stereocenters. The average molecular weight is 573 g/mol. The highest BCUT2D eigenvalue weighted by Gasteiger charge is 2.43. The molecule has 1 aromatic carbocycles. The van der Waals surface area contributed by atoms with E-state index in [1.54, 1.807) is 45.2 Å². The van der Waals surface area contributed by atoms with Crippen LogP contribution in [0.15, 0.2) is 55.3 Å². The summed E-state index contributed by atoms with van der Waals surface area (Å²) in [6.07, 6.45) is 5.22. The second-order valence-corrected chi connectivity index (χ2v) is 10.7. The van der Waals surface area contributed by atoms with E-state index in [4.69, 9.17) is 14.5 Å². The van der Waals surface area contributed by atoms with Gasteiger partial charge in [0.15, 0.2) is 17.2 Å². The molecule has 2 aliphatic heterocycles. The Kier molecular flexibility index (Phi) is 8.25. The van der Waals surface area contributed by atoms with Crippen LogP contribution >= 0.6 is 0 Å². The zero-order chi connectivity index (χ0) is 29.9. The van der Waals surface area contributed by atoms with Gasteiger partial charge in [-0.3, -0.25) is 14.5 Å². The lowest BCUT2D eigenvalue weighted by Gasteiger charge is -2.37. The van der Waals surface area contributed by atoms with Crippen molar-refractivity contribution in [1.29, 1.82) is 0 Å². The Labute approximate surface area is 245 Å². The Morgan fingerprint density at radius 2 is 2.00 bits per heavy atom. The molecule has 2 aromatic heterocycles. The largest absolute Gasteiger partial charge is 0.479 e. The molecule has 0 spiro atoms. The van der Waals surface area contributed by atoms with Crippen LogP contribution in [0.1, 0.15) is 26.7 Å². The first-order valence-corrected chi connectivity index (χ1v) is 13.9. The zero-order valence-corrected chi connectivity index (χ0v) is 24.4. The minimum absolute atomic E-state index is 0.223. The van der Waals surface area contributed by atoms with E-state index in [-0.39, 0.29) is 23.6 Å². The third-order valence-electron chi connectivity index (χ3n) is 7.22. The third kappa shape index (κ3) is 6.13. The van der Waals surface area contributed by atoms with E-state index < -0.39 is 5.60 Å². The van der Waals surface area contributed by atoms with Crippen LogP contribution in [0.5, 0.6) is 11.6 Å². The van der Waals surface area contributed by atoms with E-state index in [2.05, 4.69) is 37.0 Å². The Balaban J connectivity index is 1.41. The number of benzene rings is 1. The van der Waals surface area contributed by atoms with Crippen LogP contribution in [0.25, 0.3) is 0 Å². The molecule has 4 heterocycles. The van der Waals surface area contributed by atoms with Gasteiger partial charge in [0.2, 0.25) is 17.7 Å². The topological polar surface area (TPSA) is 125 Å². The summed E-state index contributed by atoms with van der Waals surface area (Å²) in [5, 5.41) is 5.89. The molecule has 1 saturated heterocycles. The lowest BCUT2D eigenvalue weighted by atomic mass is 10.0. The highest BCUT2D eigenvalue weighted by atomic mass is 16.5. The summed E-state index contributed by atoms with van der Waals surface area (Å²) in [4.78, 5) is 45.3. The molecular formula is C30H36N8O4. The van der Waals surface area contributed by atoms with E-state index in [9.17, 15) is 9.59 Å². The van der Waals surface area contributed by atoms with Gasteiger partial charge in [-0.15, -0.1) is 0 Å². The molecule has 2 N–H and O–H groups in total. The maximum Gasteiger partial charge on any atom is 0.276 e. The Hall–Kier alpha value is -4.71. The molecule has 0 radical (unpaired) electrons. The first-order valence-electron chi connectivity index (χ1n) is 13.9. The van der Waals surface area contributed by atoms with E-state index in [1.165, 1.54) is 30.0 Å². The molecule has 220 valence electrons. The highest BCUT2D eigenvalue weighted by molar-refractivity contribution is 6.08. The van der Waals surface area contributed by atoms with Gasteiger partial charge >= 0.3 is 0 Å². The molecular weight excluding hydrogens is 536 g/mol. The number of nitrogens with one attached hydrogen (secondary N) is 2. The minimum Gasteiger partial charge on any atom is -0.479 e. The zero-order valence-electron chi connectivity index (χ0n) is 24.4. The van der Waals surface area contributed by atoms with Crippen molar-refractivity contribution in [3.63, 3.8) is 0 Å². The SMILES string of the molecule is C=CC(=O)Nc1cccc(N2C(=O)C(C)(C)Oc3cnc(Nc4ccc(N(C)CCN5CCCC5)nc4OC)nc32)c1. The number of anilines is 6. The van der Waals surface area contributed by atoms with Crippen LogP contribution in [0.4, 0.5) is 34.6 Å². The fourth-order valence-electron chi connectivity index (χ4n) is 4.92. The van der Waals surface area contributed by atoms with Gasteiger partial charge in [-0.25, -0.2) is 4.98 Å². The molecule has 3 aromatic rings. The van der Waals surface area contributed by atoms with Crippen molar-refractivity contribution in [1.82, 2.24) is 19.9 Å². The fraction of sp³-hybridized carbons (Fsp3) is 0.367. The monoisotopic (exact) mass is 572 g/mol. The second kappa shape index (κ2) is 12.0. The number of carbonyl (C=O) groups excluding carboxylic acids is 2. The number of hydrogen-bond acceptors (Lipinski definition) is 10. The van der Waals surface area contributed by atoms with Crippen molar-refractivity contribution in [2.24, 2.45) is 0 Å². The quantitative estimate of drug-likeness (QED) is 0.343. The number of hydrogen-bond donors (Lipinski definition) is 2. The minimum atomic E-state index is -1.17. The van der Waals surface area contributed by atoms with Gasteiger partial charge in [-0.05, 0) is 76.2 Å². The first kappa shape index (κ1) is 28.8. The summed E-state index contributed by atoms with van der Waals surface area (Å²) in [7, 11) is 3.58. The first-order chi connectivity index (χ1) is 20.2. The summed E-state index contributed by atoms with van der Waals surface area (Å²) in [6, 6.07) is 10.7. The second-order valence-electron chi connectivity index (χ2n) is 10.7. The van der Waals surface area contributed by atoms with E-state index in [0.29, 0.717) is 28.7 Å². The van der Waals surface area contributed by atoms with Crippen molar-refractivity contribution < 1.29 is 19.1 Å². The molecule has 5 rings (SSSR count). The van der Waals surface area contributed by atoms with Crippen molar-refractivity contribution in [3.05, 3.63) is 55.3 Å². The van der Waals surface area contributed by atoms with E-state index in [0.717, 1.165) is 32.0 Å². The molecule has 0 aliphatic carbocycles. The molecule has 2 amide bonds. The predicted octanol–water partition coefficient (Wildman–Crippen LogP) is 4.12. The van der Waals surface area contributed by atoms with Gasteiger partial charge in [0.05, 0.1) is 19.0 Å². The number of amides is 2. The number of fused-ring (bicyclic) bond motifs is 1. The number of ether oxygens (including phenoxy) is 2. The summed E-state index contributed by atoms with van der Waals surface area (Å²) in [6.45, 7) is 11.0. The summed E-state index contributed by atoms with van der Waals surface area (Å²) in [5.74, 6) is 1.31. The molecule has 42 heavy (non-hydrogen) atoms. The van der Waals surface area contributed by atoms with Crippen LogP contribution in [0.2, 0.25) is 0 Å². The van der Waals surface area contributed by atoms with Crippen LogP contribution in [-0.2, 0) is 9.59 Å². The van der Waals surface area contributed by atoms with Gasteiger partial charge in [-0.1, -0.05) is 12.6 Å². The van der Waals surface area contributed by atoms with Gasteiger partial charge in [0.1, 0.15) is 11.5 Å². The Morgan fingerprint density at radius 1 is 1.21 bits per heavy atom. The molecule has 0 saturated carbocycles. The van der Waals surface area contributed by atoms with Crippen molar-refractivity contribution in [2.75, 3.05) is 60.8 Å². The van der Waals surface area contributed by atoms with Gasteiger partial charge in [0, 0.05) is 25.8 Å². The van der Waals surface area contributed by atoms with Crippen molar-refractivity contribution in [3.8, 4) is 11.6 Å². The Bertz CT molecular complexity index is 1490. The van der Waals surface area contributed by atoms with Crippen LogP contribution in [-0.4, -0.2) is 77.6 Å². The molecule has 12 heteroatoms. The average Bonchev–Trinajstić information content (AvgIpc) is 3.51. The number of methoxy groups -OCH3 is 1. The number of likely N-dealkylation sites (N-methyl/N-ethyl adjacent to an activating group) is 1. The Morgan fingerprint density at radius 3 is 2.74 bits per heavy atom. The number of rotatable bonds is 10. The number of nitrogens with zero attached hydrogens (tertiary/aromatic N) is 6. The summed E-state index contributed by atoms with van der Waals surface area (Å²) >= 11 is 0. The van der Waals surface area contributed by atoms with Crippen LogP contribution in [0.3, 0.4) is 0 Å². The van der Waals surface area contributed by atoms with E-state index >= 15 is 0 Å². The lowest BCUT2D eigenvalue weighted by molar-refractivity contribution is -0.131. The van der Waals surface area contributed by atoms with Gasteiger partial charge in [-0.2, -0.15) is 9.97 Å². The maximum atomic E-state index is 13.6.